The van der Waals surface area contributed by atoms with Crippen LogP contribution in [-0.2, 0) is 33.3 Å². The summed E-state index contributed by atoms with van der Waals surface area (Å²) in [7, 11) is 0. The van der Waals surface area contributed by atoms with Crippen LogP contribution in [0.2, 0.25) is 0 Å². The molecule has 0 radical (unpaired) electrons. The Hall–Kier alpha value is -2.55. The molecule has 0 aromatic heterocycles. The molecule has 4 aliphatic rings. The van der Waals surface area contributed by atoms with Crippen LogP contribution in [0.5, 0.6) is 0 Å². The second-order valence-corrected chi connectivity index (χ2v) is 14.6. The molecular weight excluding hydrogens is 695 g/mol. The highest BCUT2D eigenvalue weighted by atomic mass is 127. The molecule has 3 N–H and O–H groups in total. The van der Waals surface area contributed by atoms with Crippen LogP contribution in [0.4, 0.5) is 0 Å². The van der Waals surface area contributed by atoms with E-state index in [0.29, 0.717) is 23.0 Å². The maximum Gasteiger partial charge on any atom is 0.338 e. The summed E-state index contributed by atoms with van der Waals surface area (Å²) in [5.74, 6) is -1.73. The molecular formula is C33H43IN2O9. The molecule has 2 saturated carbocycles. The van der Waals surface area contributed by atoms with Gasteiger partial charge in [-0.3, -0.25) is 14.4 Å². The fraction of sp³-hybridized carbons (Fsp3) is 0.636. The zero-order chi connectivity index (χ0) is 32.4. The molecule has 45 heavy (non-hydrogen) atoms. The van der Waals surface area contributed by atoms with Crippen molar-refractivity contribution in [2.75, 3.05) is 13.2 Å². The van der Waals surface area contributed by atoms with E-state index in [0.717, 1.165) is 29.3 Å². The third-order valence-corrected chi connectivity index (χ3v) is 9.10. The van der Waals surface area contributed by atoms with Crippen LogP contribution in [0.3, 0.4) is 0 Å². The minimum absolute atomic E-state index is 0.0225. The quantitative estimate of drug-likeness (QED) is 0.204. The van der Waals surface area contributed by atoms with Gasteiger partial charge in [-0.15, -0.1) is 0 Å². The topological polar surface area (TPSA) is 149 Å². The van der Waals surface area contributed by atoms with Crippen LogP contribution in [-0.4, -0.2) is 77.8 Å². The number of nitrogens with one attached hydrogen (secondary N) is 2. The molecule has 12 heteroatoms. The second kappa shape index (κ2) is 14.1. The number of halogens is 1. The van der Waals surface area contributed by atoms with Crippen molar-refractivity contribution in [2.45, 2.75) is 108 Å². The van der Waals surface area contributed by atoms with Gasteiger partial charge >= 0.3 is 11.9 Å². The van der Waals surface area contributed by atoms with Crippen LogP contribution >= 0.6 is 22.6 Å². The fourth-order valence-electron chi connectivity index (χ4n) is 5.96. The van der Waals surface area contributed by atoms with E-state index in [1.165, 1.54) is 0 Å². The Bertz CT molecular complexity index is 1290. The first-order valence-electron chi connectivity index (χ1n) is 15.8. The Morgan fingerprint density at radius 3 is 2.31 bits per heavy atom. The Morgan fingerprint density at radius 2 is 1.71 bits per heavy atom. The van der Waals surface area contributed by atoms with E-state index in [1.54, 1.807) is 39.0 Å². The van der Waals surface area contributed by atoms with Crippen molar-refractivity contribution >= 4 is 46.3 Å². The van der Waals surface area contributed by atoms with Gasteiger partial charge in [0, 0.05) is 46.8 Å². The third kappa shape index (κ3) is 8.83. The highest BCUT2D eigenvalue weighted by Crippen LogP contribution is 2.59. The Morgan fingerprint density at radius 1 is 1.04 bits per heavy atom. The summed E-state index contributed by atoms with van der Waals surface area (Å²) in [4.78, 5) is 50.9. The van der Waals surface area contributed by atoms with Crippen molar-refractivity contribution in [2.24, 2.45) is 11.8 Å². The molecule has 11 nitrogen and oxygen atoms in total. The molecule has 0 spiro atoms. The summed E-state index contributed by atoms with van der Waals surface area (Å²) in [5, 5.41) is 15.2. The molecule has 1 aliphatic heterocycles. The van der Waals surface area contributed by atoms with Gasteiger partial charge < -0.3 is 34.7 Å². The summed E-state index contributed by atoms with van der Waals surface area (Å²) in [6, 6.07) is 6.48. The Labute approximate surface area is 277 Å². The number of carbonyl (C=O) groups is 4. The molecule has 4 atom stereocenters. The zero-order valence-electron chi connectivity index (χ0n) is 26.0. The van der Waals surface area contributed by atoms with Gasteiger partial charge in [-0.2, -0.15) is 0 Å². The molecule has 0 bridgehead atoms. The van der Waals surface area contributed by atoms with Crippen LogP contribution in [0.1, 0.15) is 82.5 Å². The minimum Gasteiger partial charge on any atom is -0.460 e. The summed E-state index contributed by atoms with van der Waals surface area (Å²) in [6.45, 7) is 5.04. The van der Waals surface area contributed by atoms with Gasteiger partial charge in [0.05, 0.1) is 18.2 Å². The second-order valence-electron chi connectivity index (χ2n) is 13.4. The molecule has 3 aliphatic carbocycles. The zero-order valence-corrected chi connectivity index (χ0v) is 28.2. The van der Waals surface area contributed by atoms with E-state index in [2.05, 4.69) is 33.2 Å². The van der Waals surface area contributed by atoms with Crippen LogP contribution < -0.4 is 10.6 Å². The molecule has 246 valence electrons. The summed E-state index contributed by atoms with van der Waals surface area (Å²) in [5.41, 5.74) is 0.216. The highest BCUT2D eigenvalue weighted by molar-refractivity contribution is 14.1. The van der Waals surface area contributed by atoms with Crippen molar-refractivity contribution < 1.29 is 43.2 Å². The molecule has 1 saturated heterocycles. The van der Waals surface area contributed by atoms with Gasteiger partial charge in [0.1, 0.15) is 23.9 Å². The molecule has 5 rings (SSSR count). The number of benzene rings is 1. The number of hydrogen-bond acceptors (Lipinski definition) is 9. The molecule has 1 aromatic rings. The number of hydrogen-bond donors (Lipinski definition) is 3. The lowest BCUT2D eigenvalue weighted by Gasteiger charge is -2.31. The van der Waals surface area contributed by atoms with Gasteiger partial charge in [0.2, 0.25) is 11.8 Å². The normalized spacial score (nSPS) is 24.6. The van der Waals surface area contributed by atoms with E-state index in [1.807, 2.05) is 12.1 Å². The average molecular weight is 739 g/mol. The van der Waals surface area contributed by atoms with Crippen molar-refractivity contribution in [1.29, 1.82) is 0 Å². The van der Waals surface area contributed by atoms with E-state index in [4.69, 9.17) is 18.9 Å². The first-order chi connectivity index (χ1) is 21.4. The van der Waals surface area contributed by atoms with Gasteiger partial charge in [-0.1, -0.05) is 0 Å². The van der Waals surface area contributed by atoms with Crippen molar-refractivity contribution in [3.63, 3.8) is 0 Å². The van der Waals surface area contributed by atoms with Crippen LogP contribution in [0, 0.1) is 15.4 Å². The monoisotopic (exact) mass is 738 g/mol. The SMILES string of the molecule is CC(C)(C)OC(=O)CC[C@@H](CO)NC(=O)CCNC(=O)C1=C[C@H]2OC(C3CC3)(C3CC3)O[C@H]2[C@H](OC(=O)c2ccc(I)cc2)C1. The lowest BCUT2D eigenvalue weighted by Crippen LogP contribution is -2.44. The van der Waals surface area contributed by atoms with E-state index < -0.39 is 47.7 Å². The summed E-state index contributed by atoms with van der Waals surface area (Å²) >= 11 is 2.17. The van der Waals surface area contributed by atoms with Gasteiger partial charge in [0.15, 0.2) is 5.79 Å². The van der Waals surface area contributed by atoms with Gasteiger partial charge in [-0.25, -0.2) is 4.79 Å². The number of rotatable bonds is 13. The van der Waals surface area contributed by atoms with Crippen LogP contribution in [0.25, 0.3) is 0 Å². The lowest BCUT2D eigenvalue weighted by atomic mass is 9.91. The average Bonchev–Trinajstić information content (AvgIpc) is 3.91. The number of aliphatic hydroxyl groups excluding tert-OH is 1. The molecule has 0 unspecified atom stereocenters. The molecule has 1 heterocycles. The lowest BCUT2D eigenvalue weighted by molar-refractivity contribution is -0.209. The highest BCUT2D eigenvalue weighted by Gasteiger charge is 2.64. The first kappa shape index (κ1) is 33.8. The third-order valence-electron chi connectivity index (χ3n) is 8.38. The maximum atomic E-state index is 13.3. The number of ether oxygens (including phenoxy) is 4. The first-order valence-corrected chi connectivity index (χ1v) is 16.9. The Kier molecular flexibility index (Phi) is 10.6. The van der Waals surface area contributed by atoms with Gasteiger partial charge in [-0.05, 0) is 106 Å². The number of fused-ring (bicyclic) bond motifs is 1. The number of carbonyl (C=O) groups excluding carboxylic acids is 4. The number of esters is 2. The fourth-order valence-corrected chi connectivity index (χ4v) is 6.32. The Balaban J connectivity index is 1.17. The van der Waals surface area contributed by atoms with E-state index in [-0.39, 0.29) is 50.6 Å². The van der Waals surface area contributed by atoms with Gasteiger partial charge in [0.25, 0.3) is 0 Å². The van der Waals surface area contributed by atoms with E-state index in [9.17, 15) is 24.3 Å². The maximum absolute atomic E-state index is 13.3. The van der Waals surface area contributed by atoms with Crippen molar-refractivity contribution in [1.82, 2.24) is 10.6 Å². The minimum atomic E-state index is -0.717. The molecule has 1 aromatic carbocycles. The standard InChI is InChI=1S/C33H43IN2O9/c1-32(2,3)44-28(39)13-12-24(18-37)36-27(38)14-15-35-30(40)20-16-25(42-31(41)19-4-10-23(34)11-5-19)29-26(17-20)43-33(45-29,21-6-7-21)22-8-9-22/h4-5,10-11,17,21-22,24-26,29,37H,6-9,12-16,18H2,1-3H3,(H,35,40)(H,36,38)/t24-,25+,26+,29-/m0/s1. The van der Waals surface area contributed by atoms with E-state index >= 15 is 0 Å². The van der Waals surface area contributed by atoms with Crippen LogP contribution in [0.15, 0.2) is 35.9 Å². The van der Waals surface area contributed by atoms with Crippen molar-refractivity contribution in [3.8, 4) is 0 Å². The largest absolute Gasteiger partial charge is 0.460 e. The predicted molar refractivity (Wildman–Crippen MR) is 171 cm³/mol. The summed E-state index contributed by atoms with van der Waals surface area (Å²) < 4.78 is 25.5. The number of aliphatic hydroxyl groups is 1. The smallest absolute Gasteiger partial charge is 0.338 e. The molecule has 2 amide bonds. The van der Waals surface area contributed by atoms with Crippen molar-refractivity contribution in [3.05, 3.63) is 45.0 Å². The number of amides is 2. The molecule has 3 fully saturated rings. The predicted octanol–water partition coefficient (Wildman–Crippen LogP) is 3.55. The summed E-state index contributed by atoms with van der Waals surface area (Å²) in [6.07, 6.45) is 4.54.